The van der Waals surface area contributed by atoms with Gasteiger partial charge in [-0.15, -0.1) is 0 Å². The fourth-order valence-electron chi connectivity index (χ4n) is 8.01. The molecule has 0 spiro atoms. The molecular weight excluding hydrogens is 609 g/mol. The van der Waals surface area contributed by atoms with Crippen LogP contribution in [0.4, 0.5) is 0 Å². The molecule has 0 fully saturated rings. The minimum Gasteiger partial charge on any atom is -0.488 e. The number of benzene rings is 6. The van der Waals surface area contributed by atoms with Crippen molar-refractivity contribution in [2.45, 2.75) is 104 Å². The van der Waals surface area contributed by atoms with Crippen LogP contribution in [-0.2, 0) is 29.5 Å². The molecule has 0 saturated carbocycles. The Morgan fingerprint density at radius 2 is 1.40 bits per heavy atom. The summed E-state index contributed by atoms with van der Waals surface area (Å²) in [5.41, 5.74) is 12.6. The Morgan fingerprint density at radius 1 is 0.660 bits per heavy atom. The average Bonchev–Trinajstić information content (AvgIpc) is 3.08. The second-order valence-corrected chi connectivity index (χ2v) is 17.3. The van der Waals surface area contributed by atoms with E-state index >= 15 is 0 Å². The second-order valence-electron chi connectivity index (χ2n) is 17.3. The first-order valence-corrected chi connectivity index (χ1v) is 18.4. The molecule has 0 aromatic heterocycles. The fraction of sp³-hybridized carbons (Fsp3) is 0.333. The average molecular weight is 659 g/mol. The van der Waals surface area contributed by atoms with Gasteiger partial charge in [0.05, 0.1) is 0 Å². The van der Waals surface area contributed by atoms with Crippen molar-refractivity contribution in [3.05, 3.63) is 130 Å². The molecule has 2 heteroatoms. The van der Waals surface area contributed by atoms with Crippen LogP contribution in [0.3, 0.4) is 0 Å². The lowest BCUT2D eigenvalue weighted by Gasteiger charge is -2.37. The lowest BCUT2D eigenvalue weighted by molar-refractivity contribution is 0.108. The molecule has 2 aliphatic heterocycles. The molecular formula is C48H50O2. The third-order valence-electron chi connectivity index (χ3n) is 11.4. The standard InChI is InChI=1S/C48H50O2/c1-29(2)31-11-12-32-26-42-35(24-34(32)23-31)28-49-44-22-30(10-16-40(42)44)20-21-47(6,7)37-15-18-38-33(25-37)13-17-41-39-19-14-36(46(3,4)5)27-43(39)48(8,9)50-45(38)41/h10-19,22-27,29H,20-21,28H2,1-9H3. The first-order chi connectivity index (χ1) is 23.7. The van der Waals surface area contributed by atoms with E-state index in [1.807, 2.05) is 0 Å². The molecule has 0 aliphatic carbocycles. The van der Waals surface area contributed by atoms with Crippen LogP contribution in [0.15, 0.2) is 97.1 Å². The molecule has 0 amide bonds. The van der Waals surface area contributed by atoms with E-state index in [1.54, 1.807) is 0 Å². The van der Waals surface area contributed by atoms with Crippen LogP contribution < -0.4 is 9.47 Å². The smallest absolute Gasteiger partial charge is 0.136 e. The van der Waals surface area contributed by atoms with Gasteiger partial charge < -0.3 is 9.47 Å². The Balaban J connectivity index is 1.04. The summed E-state index contributed by atoms with van der Waals surface area (Å²) in [5, 5.41) is 5.00. The summed E-state index contributed by atoms with van der Waals surface area (Å²) in [6.45, 7) is 21.1. The van der Waals surface area contributed by atoms with Crippen LogP contribution in [0.5, 0.6) is 11.5 Å². The van der Waals surface area contributed by atoms with Crippen molar-refractivity contribution in [1.29, 1.82) is 0 Å². The van der Waals surface area contributed by atoms with E-state index in [9.17, 15) is 0 Å². The number of rotatable bonds is 5. The molecule has 6 aromatic carbocycles. The fourth-order valence-corrected chi connectivity index (χ4v) is 8.01. The van der Waals surface area contributed by atoms with Crippen molar-refractivity contribution in [2.24, 2.45) is 0 Å². The Morgan fingerprint density at radius 3 is 2.18 bits per heavy atom. The molecule has 0 atom stereocenters. The summed E-state index contributed by atoms with van der Waals surface area (Å²) in [5.74, 6) is 2.52. The van der Waals surface area contributed by atoms with Crippen LogP contribution >= 0.6 is 0 Å². The number of aryl methyl sites for hydroxylation is 1. The van der Waals surface area contributed by atoms with Gasteiger partial charge in [-0.2, -0.15) is 0 Å². The zero-order valence-electron chi connectivity index (χ0n) is 31.3. The van der Waals surface area contributed by atoms with Gasteiger partial charge in [0.1, 0.15) is 23.7 Å². The van der Waals surface area contributed by atoms with Gasteiger partial charge in [0.2, 0.25) is 0 Å². The zero-order chi connectivity index (χ0) is 35.2. The van der Waals surface area contributed by atoms with Crippen molar-refractivity contribution >= 4 is 21.5 Å². The Labute approximate surface area is 298 Å². The maximum absolute atomic E-state index is 6.85. The first-order valence-electron chi connectivity index (χ1n) is 18.4. The Hall–Kier alpha value is -4.56. The molecule has 0 radical (unpaired) electrons. The predicted octanol–water partition coefficient (Wildman–Crippen LogP) is 13.2. The highest BCUT2D eigenvalue weighted by molar-refractivity contribution is 5.97. The predicted molar refractivity (Wildman–Crippen MR) is 211 cm³/mol. The van der Waals surface area contributed by atoms with Crippen LogP contribution in [-0.4, -0.2) is 0 Å². The van der Waals surface area contributed by atoms with E-state index in [0.717, 1.165) is 24.3 Å². The summed E-state index contributed by atoms with van der Waals surface area (Å²) >= 11 is 0. The Bertz CT molecular complexity index is 2310. The molecule has 2 heterocycles. The van der Waals surface area contributed by atoms with E-state index in [-0.39, 0.29) is 10.8 Å². The van der Waals surface area contributed by atoms with Crippen LogP contribution in [0.25, 0.3) is 43.8 Å². The number of ether oxygens (including phenoxy) is 2. The number of hydrogen-bond acceptors (Lipinski definition) is 2. The van der Waals surface area contributed by atoms with Crippen LogP contribution in [0, 0.1) is 0 Å². The van der Waals surface area contributed by atoms with Gasteiger partial charge in [-0.05, 0) is 123 Å². The SMILES string of the molecule is CC(C)c1ccc2cc3c(cc2c1)COc1cc(CCC(C)(C)c2ccc4c5c(ccc4c2)-c2ccc(C(C)(C)C)cc2C(C)(C)O5)ccc1-3. The quantitative estimate of drug-likeness (QED) is 0.183. The summed E-state index contributed by atoms with van der Waals surface area (Å²) in [6, 6.07) is 36.9. The summed E-state index contributed by atoms with van der Waals surface area (Å²) in [4.78, 5) is 0. The van der Waals surface area contributed by atoms with Gasteiger partial charge in [-0.3, -0.25) is 0 Å². The highest BCUT2D eigenvalue weighted by Crippen LogP contribution is 2.50. The van der Waals surface area contributed by atoms with Crippen molar-refractivity contribution in [1.82, 2.24) is 0 Å². The number of hydrogen-bond donors (Lipinski definition) is 0. The van der Waals surface area contributed by atoms with Crippen molar-refractivity contribution in [2.75, 3.05) is 0 Å². The van der Waals surface area contributed by atoms with Crippen molar-refractivity contribution in [3.8, 4) is 33.8 Å². The summed E-state index contributed by atoms with van der Waals surface area (Å²) < 4.78 is 13.2. The minimum absolute atomic E-state index is 0.00269. The minimum atomic E-state index is -0.415. The topological polar surface area (TPSA) is 18.5 Å². The largest absolute Gasteiger partial charge is 0.488 e. The molecule has 2 aliphatic rings. The first kappa shape index (κ1) is 32.6. The van der Waals surface area contributed by atoms with Gasteiger partial charge in [0, 0.05) is 22.1 Å². The van der Waals surface area contributed by atoms with E-state index in [1.165, 1.54) is 77.2 Å². The lowest BCUT2D eigenvalue weighted by atomic mass is 9.77. The van der Waals surface area contributed by atoms with Crippen LogP contribution in [0.1, 0.15) is 108 Å². The second kappa shape index (κ2) is 11.5. The van der Waals surface area contributed by atoms with E-state index in [2.05, 4.69) is 159 Å². The third-order valence-corrected chi connectivity index (χ3v) is 11.4. The monoisotopic (exact) mass is 658 g/mol. The highest BCUT2D eigenvalue weighted by Gasteiger charge is 2.35. The lowest BCUT2D eigenvalue weighted by Crippen LogP contribution is -2.30. The van der Waals surface area contributed by atoms with Crippen molar-refractivity contribution in [3.63, 3.8) is 0 Å². The molecule has 0 bridgehead atoms. The van der Waals surface area contributed by atoms with Crippen LogP contribution in [0.2, 0.25) is 0 Å². The molecule has 6 aromatic rings. The van der Waals surface area contributed by atoms with Gasteiger partial charge in [0.15, 0.2) is 0 Å². The van der Waals surface area contributed by atoms with Gasteiger partial charge in [-0.25, -0.2) is 0 Å². The molecule has 254 valence electrons. The zero-order valence-corrected chi connectivity index (χ0v) is 31.3. The molecule has 8 rings (SSSR count). The normalized spacial score (nSPS) is 14.8. The molecule has 2 nitrogen and oxygen atoms in total. The summed E-state index contributed by atoms with van der Waals surface area (Å²) in [6.07, 6.45) is 2.02. The van der Waals surface area contributed by atoms with Gasteiger partial charge >= 0.3 is 0 Å². The highest BCUT2D eigenvalue weighted by atomic mass is 16.5. The number of fused-ring (bicyclic) bond motifs is 9. The third kappa shape index (κ3) is 5.58. The molecule has 0 N–H and O–H groups in total. The summed E-state index contributed by atoms with van der Waals surface area (Å²) in [7, 11) is 0. The van der Waals surface area contributed by atoms with E-state index in [4.69, 9.17) is 9.47 Å². The van der Waals surface area contributed by atoms with E-state index < -0.39 is 5.60 Å². The van der Waals surface area contributed by atoms with Gasteiger partial charge in [0.25, 0.3) is 0 Å². The Kier molecular flexibility index (Phi) is 7.50. The van der Waals surface area contributed by atoms with Crippen molar-refractivity contribution < 1.29 is 9.47 Å². The van der Waals surface area contributed by atoms with Gasteiger partial charge in [-0.1, -0.05) is 121 Å². The maximum Gasteiger partial charge on any atom is 0.136 e. The van der Waals surface area contributed by atoms with E-state index in [0.29, 0.717) is 12.5 Å². The molecule has 0 saturated heterocycles. The molecule has 0 unspecified atom stereocenters. The molecule has 50 heavy (non-hydrogen) atoms. The maximum atomic E-state index is 6.85.